The molecular formula is C3H5N3O2. The van der Waals surface area contributed by atoms with Gasteiger partial charge in [-0.05, 0) is 5.16 Å². The Bertz CT molecular complexity index is 235. The first kappa shape index (κ1) is 4.89. The maximum atomic E-state index is 10.3. The summed E-state index contributed by atoms with van der Waals surface area (Å²) in [5.74, 6) is -0.447. The Balaban J connectivity index is 3.41. The van der Waals surface area contributed by atoms with Crippen molar-refractivity contribution in [2.24, 2.45) is 7.05 Å². The standard InChI is InChI=1S/C3H5N3O2/c1-6-2(4)5-8-3(6)7/h1H3,(H2,4,5). The number of anilines is 1. The Morgan fingerprint density at radius 2 is 2.50 bits per heavy atom. The Labute approximate surface area is 44.7 Å². The van der Waals surface area contributed by atoms with Gasteiger partial charge < -0.3 is 5.73 Å². The van der Waals surface area contributed by atoms with E-state index in [2.05, 4.69) is 9.68 Å². The van der Waals surface area contributed by atoms with Gasteiger partial charge in [0.05, 0.1) is 0 Å². The van der Waals surface area contributed by atoms with E-state index in [-0.39, 0.29) is 5.95 Å². The zero-order chi connectivity index (χ0) is 6.15. The fourth-order valence-electron chi connectivity index (χ4n) is 0.302. The van der Waals surface area contributed by atoms with E-state index < -0.39 is 5.76 Å². The Hall–Kier alpha value is -1.26. The SMILES string of the molecule is Cn1c(N)noc1=O. The Morgan fingerprint density at radius 1 is 1.88 bits per heavy atom. The van der Waals surface area contributed by atoms with Gasteiger partial charge in [0.25, 0.3) is 0 Å². The number of nitrogens with zero attached hydrogens (tertiary/aromatic N) is 2. The van der Waals surface area contributed by atoms with Crippen LogP contribution in [0.5, 0.6) is 0 Å². The first-order valence-corrected chi connectivity index (χ1v) is 2.00. The van der Waals surface area contributed by atoms with Crippen LogP contribution in [0.25, 0.3) is 0 Å². The minimum Gasteiger partial charge on any atom is -0.367 e. The van der Waals surface area contributed by atoms with Crippen LogP contribution in [0, 0.1) is 0 Å². The highest BCUT2D eigenvalue weighted by atomic mass is 16.5. The van der Waals surface area contributed by atoms with E-state index in [9.17, 15) is 4.79 Å². The fourth-order valence-corrected chi connectivity index (χ4v) is 0.302. The summed E-state index contributed by atoms with van der Waals surface area (Å²) >= 11 is 0. The van der Waals surface area contributed by atoms with Crippen LogP contribution in [-0.2, 0) is 7.05 Å². The largest absolute Gasteiger partial charge is 0.442 e. The lowest BCUT2D eigenvalue weighted by Crippen LogP contribution is -2.11. The zero-order valence-corrected chi connectivity index (χ0v) is 4.29. The summed E-state index contributed by atoms with van der Waals surface area (Å²) in [6.45, 7) is 0. The fraction of sp³-hybridized carbons (Fsp3) is 0.333. The van der Waals surface area contributed by atoms with E-state index in [1.165, 1.54) is 7.05 Å². The quantitative estimate of drug-likeness (QED) is 0.468. The molecule has 1 rings (SSSR count). The van der Waals surface area contributed by atoms with E-state index in [4.69, 9.17) is 5.73 Å². The topological polar surface area (TPSA) is 74.1 Å². The number of hydrogen-bond donors (Lipinski definition) is 1. The molecule has 0 atom stereocenters. The van der Waals surface area contributed by atoms with Crippen LogP contribution in [0.15, 0.2) is 9.32 Å². The van der Waals surface area contributed by atoms with Crippen molar-refractivity contribution in [3.63, 3.8) is 0 Å². The summed E-state index contributed by atoms with van der Waals surface area (Å²) < 4.78 is 5.24. The van der Waals surface area contributed by atoms with Crippen molar-refractivity contribution in [2.75, 3.05) is 5.73 Å². The first-order chi connectivity index (χ1) is 3.72. The molecule has 8 heavy (non-hydrogen) atoms. The third-order valence-electron chi connectivity index (χ3n) is 0.835. The summed E-state index contributed by atoms with van der Waals surface area (Å²) in [5, 5.41) is 3.17. The van der Waals surface area contributed by atoms with Crippen LogP contribution in [0.2, 0.25) is 0 Å². The highest BCUT2D eigenvalue weighted by Crippen LogP contribution is 1.84. The molecule has 0 spiro atoms. The molecular weight excluding hydrogens is 110 g/mol. The van der Waals surface area contributed by atoms with Crippen LogP contribution in [0.1, 0.15) is 0 Å². The number of aromatic nitrogens is 2. The molecule has 1 heterocycles. The second-order valence-electron chi connectivity index (χ2n) is 1.37. The van der Waals surface area contributed by atoms with Gasteiger partial charge in [-0.25, -0.2) is 9.36 Å². The predicted octanol–water partition coefficient (Wildman–Crippen LogP) is -1.04. The molecule has 0 bridgehead atoms. The van der Waals surface area contributed by atoms with Crippen LogP contribution in [0.4, 0.5) is 5.95 Å². The van der Waals surface area contributed by atoms with Gasteiger partial charge >= 0.3 is 5.76 Å². The highest BCUT2D eigenvalue weighted by molar-refractivity contribution is 5.10. The molecule has 0 saturated carbocycles. The molecule has 1 aromatic rings. The summed E-state index contributed by atoms with van der Waals surface area (Å²) in [6.07, 6.45) is 0. The second kappa shape index (κ2) is 1.36. The van der Waals surface area contributed by atoms with Crippen LogP contribution in [0.3, 0.4) is 0 Å². The van der Waals surface area contributed by atoms with Crippen molar-refractivity contribution < 1.29 is 4.52 Å². The number of nitrogens with two attached hydrogens (primary N) is 1. The average molecular weight is 115 g/mol. The van der Waals surface area contributed by atoms with E-state index in [0.29, 0.717) is 0 Å². The van der Waals surface area contributed by atoms with Gasteiger partial charge in [-0.2, -0.15) is 0 Å². The summed E-state index contributed by atoms with van der Waals surface area (Å²) in [4.78, 5) is 10.3. The molecule has 5 heteroatoms. The number of hydrogen-bond acceptors (Lipinski definition) is 4. The first-order valence-electron chi connectivity index (χ1n) is 2.00. The molecule has 2 N–H and O–H groups in total. The van der Waals surface area contributed by atoms with Crippen molar-refractivity contribution in [1.29, 1.82) is 0 Å². The minimum atomic E-state index is -0.539. The van der Waals surface area contributed by atoms with Gasteiger partial charge in [-0.15, -0.1) is 0 Å². The molecule has 0 aliphatic rings. The van der Waals surface area contributed by atoms with Crippen LogP contribution in [-0.4, -0.2) is 9.72 Å². The Kier molecular flexibility index (Phi) is 0.831. The van der Waals surface area contributed by atoms with Crippen molar-refractivity contribution in [2.45, 2.75) is 0 Å². The molecule has 0 aliphatic carbocycles. The van der Waals surface area contributed by atoms with Crippen molar-refractivity contribution >= 4 is 5.95 Å². The normalized spacial score (nSPS) is 9.62. The maximum Gasteiger partial charge on any atom is 0.442 e. The third-order valence-corrected chi connectivity index (χ3v) is 0.835. The van der Waals surface area contributed by atoms with Crippen molar-refractivity contribution in [3.05, 3.63) is 10.6 Å². The smallest absolute Gasteiger partial charge is 0.367 e. The van der Waals surface area contributed by atoms with E-state index >= 15 is 0 Å². The van der Waals surface area contributed by atoms with Crippen molar-refractivity contribution in [3.8, 4) is 0 Å². The molecule has 0 aromatic carbocycles. The van der Waals surface area contributed by atoms with Gasteiger partial charge in [0, 0.05) is 7.05 Å². The molecule has 0 fully saturated rings. The third kappa shape index (κ3) is 0.481. The minimum absolute atomic E-state index is 0.0926. The molecule has 0 aliphatic heterocycles. The summed E-state index contributed by atoms with van der Waals surface area (Å²) in [5.41, 5.74) is 5.10. The van der Waals surface area contributed by atoms with Gasteiger partial charge in [0.1, 0.15) is 0 Å². The van der Waals surface area contributed by atoms with E-state index in [1.807, 2.05) is 0 Å². The predicted molar refractivity (Wildman–Crippen MR) is 26.2 cm³/mol. The van der Waals surface area contributed by atoms with Gasteiger partial charge in [0.2, 0.25) is 5.95 Å². The zero-order valence-electron chi connectivity index (χ0n) is 4.29. The Morgan fingerprint density at radius 3 is 2.62 bits per heavy atom. The molecule has 5 nitrogen and oxygen atoms in total. The number of rotatable bonds is 0. The highest BCUT2D eigenvalue weighted by Gasteiger charge is 1.97. The van der Waals surface area contributed by atoms with Crippen molar-refractivity contribution in [1.82, 2.24) is 9.72 Å². The van der Waals surface area contributed by atoms with Crippen LogP contribution < -0.4 is 11.5 Å². The molecule has 0 saturated heterocycles. The molecule has 0 radical (unpaired) electrons. The van der Waals surface area contributed by atoms with E-state index in [0.717, 1.165) is 4.57 Å². The maximum absolute atomic E-state index is 10.3. The monoisotopic (exact) mass is 115 g/mol. The van der Waals surface area contributed by atoms with Gasteiger partial charge in [-0.3, -0.25) is 4.52 Å². The van der Waals surface area contributed by atoms with Gasteiger partial charge in [-0.1, -0.05) is 0 Å². The van der Waals surface area contributed by atoms with E-state index in [1.54, 1.807) is 0 Å². The summed E-state index contributed by atoms with van der Waals surface area (Å²) in [6, 6.07) is 0. The number of nitrogen functional groups attached to an aromatic ring is 1. The summed E-state index contributed by atoms with van der Waals surface area (Å²) in [7, 11) is 1.48. The lowest BCUT2D eigenvalue weighted by molar-refractivity contribution is 0.381. The van der Waals surface area contributed by atoms with Gasteiger partial charge in [0.15, 0.2) is 0 Å². The molecule has 0 amide bonds. The lowest BCUT2D eigenvalue weighted by Gasteiger charge is -1.81. The average Bonchev–Trinajstić information content (AvgIpc) is 1.98. The molecule has 44 valence electrons. The van der Waals surface area contributed by atoms with Crippen LogP contribution >= 0.6 is 0 Å². The second-order valence-corrected chi connectivity index (χ2v) is 1.37. The molecule has 0 unspecified atom stereocenters. The lowest BCUT2D eigenvalue weighted by atomic mass is 11.0. The molecule has 1 aromatic heterocycles.